The lowest BCUT2D eigenvalue weighted by atomic mass is 10.1. The molecule has 0 saturated carbocycles. The molecule has 1 unspecified atom stereocenters. The van der Waals surface area contributed by atoms with Crippen molar-refractivity contribution < 1.29 is 9.53 Å². The van der Waals surface area contributed by atoms with Crippen LogP contribution < -0.4 is 10.1 Å². The van der Waals surface area contributed by atoms with Gasteiger partial charge in [0.15, 0.2) is 6.61 Å². The van der Waals surface area contributed by atoms with Gasteiger partial charge in [-0.05, 0) is 43.5 Å². The zero-order chi connectivity index (χ0) is 16.7. The summed E-state index contributed by atoms with van der Waals surface area (Å²) < 4.78 is 5.41. The van der Waals surface area contributed by atoms with E-state index >= 15 is 0 Å². The topological polar surface area (TPSA) is 38.3 Å². The fourth-order valence-electron chi connectivity index (χ4n) is 2.15. The zero-order valence-corrected chi connectivity index (χ0v) is 14.4. The number of benzene rings is 2. The number of amides is 1. The first-order valence-electron chi connectivity index (χ1n) is 7.45. The summed E-state index contributed by atoms with van der Waals surface area (Å²) in [6.45, 7) is 1.91. The molecule has 0 aliphatic carbocycles. The van der Waals surface area contributed by atoms with Crippen LogP contribution in [-0.2, 0) is 11.2 Å². The van der Waals surface area contributed by atoms with Crippen LogP contribution >= 0.6 is 23.2 Å². The largest absolute Gasteiger partial charge is 0.482 e. The third kappa shape index (κ3) is 6.12. The average Bonchev–Trinajstić information content (AvgIpc) is 2.53. The molecule has 0 bridgehead atoms. The minimum Gasteiger partial charge on any atom is -0.482 e. The van der Waals surface area contributed by atoms with Crippen molar-refractivity contribution in [2.75, 3.05) is 6.61 Å². The van der Waals surface area contributed by atoms with Gasteiger partial charge in [-0.2, -0.15) is 0 Å². The third-order valence-corrected chi connectivity index (χ3v) is 3.90. The SMILES string of the molecule is CC(CCc1ccccc1)NC(=O)COc1ccc(Cl)cc1Cl. The van der Waals surface area contributed by atoms with Gasteiger partial charge in [-0.1, -0.05) is 53.5 Å². The maximum Gasteiger partial charge on any atom is 0.258 e. The summed E-state index contributed by atoms with van der Waals surface area (Å²) in [5, 5.41) is 3.84. The molecule has 2 aromatic carbocycles. The molecule has 0 radical (unpaired) electrons. The first-order chi connectivity index (χ1) is 11.0. The molecule has 0 spiro atoms. The Labute approximate surface area is 146 Å². The molecule has 0 aromatic heterocycles. The van der Waals surface area contributed by atoms with Crippen molar-refractivity contribution in [3.05, 3.63) is 64.1 Å². The first-order valence-corrected chi connectivity index (χ1v) is 8.21. The number of halogens is 2. The number of hydrogen-bond donors (Lipinski definition) is 1. The maximum absolute atomic E-state index is 11.9. The predicted molar refractivity (Wildman–Crippen MR) is 94.3 cm³/mol. The highest BCUT2D eigenvalue weighted by molar-refractivity contribution is 6.35. The minimum atomic E-state index is -0.170. The molecular weight excluding hydrogens is 333 g/mol. The maximum atomic E-state index is 11.9. The van der Waals surface area contributed by atoms with Crippen molar-refractivity contribution in [2.45, 2.75) is 25.8 Å². The molecule has 0 aliphatic rings. The lowest BCUT2D eigenvalue weighted by Gasteiger charge is -2.14. The third-order valence-electron chi connectivity index (χ3n) is 3.37. The number of nitrogens with one attached hydrogen (secondary N) is 1. The number of carbonyl (C=O) groups is 1. The van der Waals surface area contributed by atoms with Crippen LogP contribution in [0.5, 0.6) is 5.75 Å². The van der Waals surface area contributed by atoms with Gasteiger partial charge in [-0.15, -0.1) is 0 Å². The number of ether oxygens (including phenoxy) is 1. The van der Waals surface area contributed by atoms with Gasteiger partial charge in [0, 0.05) is 11.1 Å². The lowest BCUT2D eigenvalue weighted by Crippen LogP contribution is -2.36. The lowest BCUT2D eigenvalue weighted by molar-refractivity contribution is -0.123. The van der Waals surface area contributed by atoms with E-state index in [1.54, 1.807) is 18.2 Å². The molecule has 3 nitrogen and oxygen atoms in total. The first kappa shape index (κ1) is 17.6. The predicted octanol–water partition coefficient (Wildman–Crippen LogP) is 4.51. The van der Waals surface area contributed by atoms with E-state index in [0.717, 1.165) is 12.8 Å². The van der Waals surface area contributed by atoms with Crippen LogP contribution in [0.4, 0.5) is 0 Å². The molecule has 5 heteroatoms. The smallest absolute Gasteiger partial charge is 0.258 e. The van der Waals surface area contributed by atoms with Gasteiger partial charge in [0.25, 0.3) is 5.91 Å². The van der Waals surface area contributed by atoms with Crippen LogP contribution in [0, 0.1) is 0 Å². The molecule has 0 saturated heterocycles. The Morgan fingerprint density at radius 2 is 1.91 bits per heavy atom. The van der Waals surface area contributed by atoms with E-state index in [4.69, 9.17) is 27.9 Å². The van der Waals surface area contributed by atoms with Gasteiger partial charge in [0.2, 0.25) is 0 Å². The Morgan fingerprint density at radius 3 is 2.61 bits per heavy atom. The highest BCUT2D eigenvalue weighted by Crippen LogP contribution is 2.27. The van der Waals surface area contributed by atoms with E-state index in [2.05, 4.69) is 17.4 Å². The number of hydrogen-bond acceptors (Lipinski definition) is 2. The molecule has 2 rings (SSSR count). The normalized spacial score (nSPS) is 11.8. The van der Waals surface area contributed by atoms with Gasteiger partial charge in [-0.25, -0.2) is 0 Å². The summed E-state index contributed by atoms with van der Waals surface area (Å²) in [4.78, 5) is 11.9. The van der Waals surface area contributed by atoms with Crippen LogP contribution in [0.25, 0.3) is 0 Å². The number of aryl methyl sites for hydroxylation is 1. The molecule has 23 heavy (non-hydrogen) atoms. The van der Waals surface area contributed by atoms with Gasteiger partial charge in [0.05, 0.1) is 5.02 Å². The van der Waals surface area contributed by atoms with Crippen LogP contribution in [-0.4, -0.2) is 18.6 Å². The standard InChI is InChI=1S/C18H19Cl2NO2/c1-13(7-8-14-5-3-2-4-6-14)21-18(22)12-23-17-10-9-15(19)11-16(17)20/h2-6,9-11,13H,7-8,12H2,1H3,(H,21,22). The van der Waals surface area contributed by atoms with E-state index in [1.807, 2.05) is 25.1 Å². The zero-order valence-electron chi connectivity index (χ0n) is 12.9. The van der Waals surface area contributed by atoms with Crippen molar-refractivity contribution in [1.29, 1.82) is 0 Å². The van der Waals surface area contributed by atoms with Crippen molar-refractivity contribution >= 4 is 29.1 Å². The summed E-state index contributed by atoms with van der Waals surface area (Å²) in [6, 6.07) is 15.2. The van der Waals surface area contributed by atoms with Crippen LogP contribution in [0.15, 0.2) is 48.5 Å². The fourth-order valence-corrected chi connectivity index (χ4v) is 2.62. The molecule has 0 heterocycles. The van der Waals surface area contributed by atoms with Gasteiger partial charge < -0.3 is 10.1 Å². The van der Waals surface area contributed by atoms with E-state index in [9.17, 15) is 4.79 Å². The molecule has 122 valence electrons. The molecule has 2 aromatic rings. The summed E-state index contributed by atoms with van der Waals surface area (Å²) in [7, 11) is 0. The van der Waals surface area contributed by atoms with Crippen molar-refractivity contribution in [3.63, 3.8) is 0 Å². The quantitative estimate of drug-likeness (QED) is 0.796. The summed E-state index contributed by atoms with van der Waals surface area (Å²) in [6.07, 6.45) is 1.80. The molecule has 0 fully saturated rings. The van der Waals surface area contributed by atoms with Crippen molar-refractivity contribution in [3.8, 4) is 5.75 Å². The average molecular weight is 352 g/mol. The van der Waals surface area contributed by atoms with E-state index in [1.165, 1.54) is 5.56 Å². The van der Waals surface area contributed by atoms with E-state index in [-0.39, 0.29) is 18.6 Å². The molecule has 1 atom stereocenters. The minimum absolute atomic E-state index is 0.0724. The van der Waals surface area contributed by atoms with Crippen molar-refractivity contribution in [1.82, 2.24) is 5.32 Å². The second-order valence-electron chi connectivity index (χ2n) is 5.36. The summed E-state index contributed by atoms with van der Waals surface area (Å²) >= 11 is 11.8. The van der Waals surface area contributed by atoms with E-state index < -0.39 is 0 Å². The van der Waals surface area contributed by atoms with Crippen LogP contribution in [0.3, 0.4) is 0 Å². The summed E-state index contributed by atoms with van der Waals surface area (Å²) in [5.74, 6) is 0.278. The van der Waals surface area contributed by atoms with Gasteiger partial charge in [-0.3, -0.25) is 4.79 Å². The Balaban J connectivity index is 1.73. The highest BCUT2D eigenvalue weighted by Gasteiger charge is 2.10. The molecule has 1 amide bonds. The Kier molecular flexibility index (Phi) is 6.75. The highest BCUT2D eigenvalue weighted by atomic mass is 35.5. The Bertz CT molecular complexity index is 647. The fraction of sp³-hybridized carbons (Fsp3) is 0.278. The molecular formula is C18H19Cl2NO2. The monoisotopic (exact) mass is 351 g/mol. The molecule has 0 aliphatic heterocycles. The number of carbonyl (C=O) groups excluding carboxylic acids is 1. The second-order valence-corrected chi connectivity index (χ2v) is 6.20. The summed E-state index contributed by atoms with van der Waals surface area (Å²) in [5.41, 5.74) is 1.26. The van der Waals surface area contributed by atoms with Crippen LogP contribution in [0.1, 0.15) is 18.9 Å². The van der Waals surface area contributed by atoms with Crippen molar-refractivity contribution in [2.24, 2.45) is 0 Å². The van der Waals surface area contributed by atoms with Crippen LogP contribution in [0.2, 0.25) is 10.0 Å². The van der Waals surface area contributed by atoms with E-state index in [0.29, 0.717) is 15.8 Å². The Morgan fingerprint density at radius 1 is 1.17 bits per heavy atom. The van der Waals surface area contributed by atoms with Gasteiger partial charge in [0.1, 0.15) is 5.75 Å². The molecule has 1 N–H and O–H groups in total. The second kappa shape index (κ2) is 8.80. The number of rotatable bonds is 7. The Hall–Kier alpha value is -1.71. The van der Waals surface area contributed by atoms with Gasteiger partial charge >= 0.3 is 0 Å².